The maximum atomic E-state index is 13.1. The lowest BCUT2D eigenvalue weighted by Gasteiger charge is -2.35. The van der Waals surface area contributed by atoms with E-state index in [1.54, 1.807) is 12.0 Å². The Bertz CT molecular complexity index is 1140. The number of benzene rings is 2. The number of nitrogens with zero attached hydrogens (tertiary/aromatic N) is 3. The predicted molar refractivity (Wildman–Crippen MR) is 129 cm³/mol. The van der Waals surface area contributed by atoms with E-state index in [0.29, 0.717) is 31.3 Å². The molecule has 3 aromatic rings. The van der Waals surface area contributed by atoms with Gasteiger partial charge in [0.15, 0.2) is 0 Å². The topological polar surface area (TPSA) is 89.7 Å². The van der Waals surface area contributed by atoms with Gasteiger partial charge in [0.05, 0.1) is 24.8 Å². The lowest BCUT2D eigenvalue weighted by Crippen LogP contribution is -2.46. The van der Waals surface area contributed by atoms with Crippen molar-refractivity contribution in [1.82, 2.24) is 20.4 Å². The highest BCUT2D eigenvalue weighted by Crippen LogP contribution is 2.37. The van der Waals surface area contributed by atoms with Gasteiger partial charge in [0, 0.05) is 24.4 Å². The van der Waals surface area contributed by atoms with Crippen molar-refractivity contribution in [2.45, 2.75) is 39.3 Å². The number of carbonyl (C=O) groups is 1. The zero-order valence-corrected chi connectivity index (χ0v) is 19.9. The number of amides is 2. The van der Waals surface area contributed by atoms with Crippen LogP contribution in [-0.4, -0.2) is 47.4 Å². The van der Waals surface area contributed by atoms with Crippen LogP contribution in [0, 0.1) is 0 Å². The summed E-state index contributed by atoms with van der Waals surface area (Å²) in [6.07, 6.45) is 0.860. The molecule has 1 N–H and O–H groups in total. The zero-order valence-electron chi connectivity index (χ0n) is 19.9. The van der Waals surface area contributed by atoms with Crippen LogP contribution in [0.2, 0.25) is 0 Å². The summed E-state index contributed by atoms with van der Waals surface area (Å²) >= 11 is 0. The molecule has 2 heterocycles. The molecule has 1 aliphatic heterocycles. The fourth-order valence-electron chi connectivity index (χ4n) is 3.95. The molecule has 2 amide bonds. The van der Waals surface area contributed by atoms with Crippen molar-refractivity contribution in [3.63, 3.8) is 0 Å². The van der Waals surface area contributed by atoms with Crippen LogP contribution < -0.4 is 10.1 Å². The molecule has 0 saturated heterocycles. The van der Waals surface area contributed by atoms with Gasteiger partial charge in [-0.25, -0.2) is 4.79 Å². The van der Waals surface area contributed by atoms with E-state index in [1.807, 2.05) is 75.4 Å². The SMILES string of the molecule is COc1ccc(C2NC(=O)N(CCCOC(C)C)C(C)=C2c2nc(-c3ccccc3)no2)cc1. The Morgan fingerprint density at radius 1 is 1.12 bits per heavy atom. The Morgan fingerprint density at radius 3 is 2.53 bits per heavy atom. The van der Waals surface area contributed by atoms with Crippen molar-refractivity contribution in [2.75, 3.05) is 20.3 Å². The van der Waals surface area contributed by atoms with Crippen molar-refractivity contribution < 1.29 is 18.8 Å². The van der Waals surface area contributed by atoms with Gasteiger partial charge in [-0.3, -0.25) is 4.90 Å². The highest BCUT2D eigenvalue weighted by atomic mass is 16.5. The number of carbonyl (C=O) groups excluding carboxylic acids is 1. The van der Waals surface area contributed by atoms with Crippen molar-refractivity contribution >= 4 is 11.6 Å². The van der Waals surface area contributed by atoms with Crippen molar-refractivity contribution in [2.24, 2.45) is 0 Å². The summed E-state index contributed by atoms with van der Waals surface area (Å²) in [4.78, 5) is 19.5. The van der Waals surface area contributed by atoms with Crippen molar-refractivity contribution in [3.05, 3.63) is 71.7 Å². The summed E-state index contributed by atoms with van der Waals surface area (Å²) < 4.78 is 16.7. The van der Waals surface area contributed by atoms with Gasteiger partial charge in [0.1, 0.15) is 5.75 Å². The molecule has 0 bridgehead atoms. The van der Waals surface area contributed by atoms with Gasteiger partial charge in [-0.1, -0.05) is 47.6 Å². The summed E-state index contributed by atoms with van der Waals surface area (Å²) in [5, 5.41) is 7.32. The molecule has 1 unspecified atom stereocenters. The molecular formula is C26H30N4O4. The fraction of sp³-hybridized carbons (Fsp3) is 0.346. The summed E-state index contributed by atoms with van der Waals surface area (Å²) in [5.41, 5.74) is 3.30. The van der Waals surface area contributed by atoms with Gasteiger partial charge >= 0.3 is 6.03 Å². The van der Waals surface area contributed by atoms with Gasteiger partial charge in [-0.05, 0) is 44.9 Å². The van der Waals surface area contributed by atoms with Crippen LogP contribution in [0.3, 0.4) is 0 Å². The molecule has 8 nitrogen and oxygen atoms in total. The molecule has 4 rings (SSSR count). The standard InChI is InChI=1S/C26H30N4O4/c1-17(2)33-16-8-15-30-18(3)22(25-28-24(29-34-25)20-9-6-5-7-10-20)23(27-26(30)31)19-11-13-21(32-4)14-12-19/h5-7,9-14,17,23H,8,15-16H2,1-4H3,(H,27,31). The van der Waals surface area contributed by atoms with E-state index in [4.69, 9.17) is 14.0 Å². The summed E-state index contributed by atoms with van der Waals surface area (Å²) in [6.45, 7) is 7.00. The van der Waals surface area contributed by atoms with Gasteiger partial charge in [0.25, 0.3) is 5.89 Å². The second-order valence-corrected chi connectivity index (χ2v) is 8.37. The molecule has 1 aliphatic rings. The quantitative estimate of drug-likeness (QED) is 0.447. The first-order valence-electron chi connectivity index (χ1n) is 11.4. The molecular weight excluding hydrogens is 432 g/mol. The summed E-state index contributed by atoms with van der Waals surface area (Å²) in [6, 6.07) is 16.6. The number of nitrogens with one attached hydrogen (secondary N) is 1. The molecule has 0 saturated carbocycles. The first-order valence-corrected chi connectivity index (χ1v) is 11.4. The Hall–Kier alpha value is -3.65. The number of urea groups is 1. The number of methoxy groups -OCH3 is 1. The van der Waals surface area contributed by atoms with Crippen LogP contribution in [0.1, 0.15) is 44.7 Å². The maximum absolute atomic E-state index is 13.1. The van der Waals surface area contributed by atoms with Crippen LogP contribution in [0.5, 0.6) is 5.75 Å². The Labute approximate surface area is 199 Å². The molecule has 2 aromatic carbocycles. The third-order valence-electron chi connectivity index (χ3n) is 5.71. The van der Waals surface area contributed by atoms with E-state index >= 15 is 0 Å². The number of rotatable bonds is 9. The Balaban J connectivity index is 1.70. The number of ether oxygens (including phenoxy) is 2. The molecule has 34 heavy (non-hydrogen) atoms. The lowest BCUT2D eigenvalue weighted by molar-refractivity contribution is 0.0736. The first kappa shape index (κ1) is 23.5. The third-order valence-corrected chi connectivity index (χ3v) is 5.71. The number of aromatic nitrogens is 2. The third kappa shape index (κ3) is 5.12. The highest BCUT2D eigenvalue weighted by Gasteiger charge is 2.35. The molecule has 1 atom stereocenters. The van der Waals surface area contributed by atoms with E-state index in [2.05, 4.69) is 15.5 Å². The predicted octanol–water partition coefficient (Wildman–Crippen LogP) is 5.06. The fourth-order valence-corrected chi connectivity index (χ4v) is 3.95. The molecule has 8 heteroatoms. The van der Waals surface area contributed by atoms with Gasteiger partial charge in [0.2, 0.25) is 5.82 Å². The normalized spacial score (nSPS) is 16.2. The van der Waals surface area contributed by atoms with Crippen LogP contribution in [-0.2, 0) is 4.74 Å². The van der Waals surface area contributed by atoms with Crippen LogP contribution in [0.25, 0.3) is 17.0 Å². The van der Waals surface area contributed by atoms with Crippen molar-refractivity contribution in [1.29, 1.82) is 0 Å². The van der Waals surface area contributed by atoms with Gasteiger partial charge in [-0.15, -0.1) is 0 Å². The van der Waals surface area contributed by atoms with Crippen LogP contribution >= 0.6 is 0 Å². The number of hydrogen-bond donors (Lipinski definition) is 1. The minimum atomic E-state index is -0.439. The van der Waals surface area contributed by atoms with E-state index in [9.17, 15) is 4.79 Å². The molecule has 0 fully saturated rings. The molecule has 0 aliphatic carbocycles. The Kier molecular flexibility index (Phi) is 7.27. The molecule has 0 radical (unpaired) electrons. The molecule has 178 valence electrons. The Morgan fingerprint density at radius 2 is 1.85 bits per heavy atom. The highest BCUT2D eigenvalue weighted by molar-refractivity contribution is 5.86. The lowest BCUT2D eigenvalue weighted by atomic mass is 9.94. The molecule has 1 aromatic heterocycles. The van der Waals surface area contributed by atoms with Gasteiger partial charge < -0.3 is 19.3 Å². The van der Waals surface area contributed by atoms with E-state index in [-0.39, 0.29) is 12.1 Å². The van der Waals surface area contributed by atoms with E-state index in [1.165, 1.54) is 0 Å². The minimum absolute atomic E-state index is 0.150. The number of allylic oxidation sites excluding steroid dienone is 1. The van der Waals surface area contributed by atoms with E-state index in [0.717, 1.165) is 28.1 Å². The largest absolute Gasteiger partial charge is 0.497 e. The first-order chi connectivity index (χ1) is 16.5. The maximum Gasteiger partial charge on any atom is 0.322 e. The summed E-state index contributed by atoms with van der Waals surface area (Å²) in [5.74, 6) is 1.61. The monoisotopic (exact) mass is 462 g/mol. The molecule has 0 spiro atoms. The average Bonchev–Trinajstić information content (AvgIpc) is 3.33. The minimum Gasteiger partial charge on any atom is -0.497 e. The smallest absolute Gasteiger partial charge is 0.322 e. The average molecular weight is 463 g/mol. The van der Waals surface area contributed by atoms with Crippen LogP contribution in [0.4, 0.5) is 4.79 Å². The number of hydrogen-bond acceptors (Lipinski definition) is 6. The second-order valence-electron chi connectivity index (χ2n) is 8.37. The second kappa shape index (κ2) is 10.5. The van der Waals surface area contributed by atoms with Gasteiger partial charge in [-0.2, -0.15) is 4.98 Å². The summed E-state index contributed by atoms with van der Waals surface area (Å²) in [7, 11) is 1.62. The zero-order chi connectivity index (χ0) is 24.1. The van der Waals surface area contributed by atoms with Crippen molar-refractivity contribution in [3.8, 4) is 17.1 Å². The van der Waals surface area contributed by atoms with Crippen LogP contribution in [0.15, 0.2) is 64.8 Å². The van der Waals surface area contributed by atoms with E-state index < -0.39 is 6.04 Å².